The average Bonchev–Trinajstić information content (AvgIpc) is 2.57. The van der Waals surface area contributed by atoms with Gasteiger partial charge in [0.25, 0.3) is 5.91 Å². The second kappa shape index (κ2) is 9.35. The highest BCUT2D eigenvalue weighted by atomic mass is 16.3. The van der Waals surface area contributed by atoms with E-state index < -0.39 is 6.10 Å². The van der Waals surface area contributed by atoms with Crippen molar-refractivity contribution in [2.75, 3.05) is 6.54 Å². The SMILES string of the molecule is CC(O)[C@H](C)CCC(C)(C)CN(C(=O)c1ccccc1)[C@@H](C)C(C)O. The number of carbonyl (C=O) groups is 1. The first-order valence-corrected chi connectivity index (χ1v) is 9.27. The van der Waals surface area contributed by atoms with Crippen molar-refractivity contribution in [2.24, 2.45) is 11.3 Å². The number of carbonyl (C=O) groups excluding carboxylic acids is 1. The van der Waals surface area contributed by atoms with Crippen LogP contribution in [-0.4, -0.2) is 45.8 Å². The van der Waals surface area contributed by atoms with Gasteiger partial charge in [-0.2, -0.15) is 0 Å². The normalized spacial score (nSPS) is 16.8. The lowest BCUT2D eigenvalue weighted by Crippen LogP contribution is -2.48. The van der Waals surface area contributed by atoms with Crippen LogP contribution in [0.15, 0.2) is 30.3 Å². The predicted molar refractivity (Wildman–Crippen MR) is 102 cm³/mol. The maximum absolute atomic E-state index is 13.0. The third-order valence-electron chi connectivity index (χ3n) is 5.17. The number of nitrogens with zero attached hydrogens (tertiary/aromatic N) is 1. The number of hydrogen-bond acceptors (Lipinski definition) is 3. The Kier molecular flexibility index (Phi) is 8.10. The molecule has 4 nitrogen and oxygen atoms in total. The fraction of sp³-hybridized carbons (Fsp3) is 0.667. The van der Waals surface area contributed by atoms with Crippen molar-refractivity contribution in [3.63, 3.8) is 0 Å². The van der Waals surface area contributed by atoms with Crippen molar-refractivity contribution >= 4 is 5.91 Å². The van der Waals surface area contributed by atoms with E-state index in [1.54, 1.807) is 11.8 Å². The largest absolute Gasteiger partial charge is 0.393 e. The predicted octanol–water partition coefficient (Wildman–Crippen LogP) is 3.72. The van der Waals surface area contributed by atoms with E-state index in [0.717, 1.165) is 12.8 Å². The molecule has 2 N–H and O–H groups in total. The minimum absolute atomic E-state index is 0.0503. The second-order valence-corrected chi connectivity index (χ2v) is 8.20. The molecule has 0 aliphatic carbocycles. The van der Waals surface area contributed by atoms with Crippen molar-refractivity contribution in [2.45, 2.75) is 72.6 Å². The minimum Gasteiger partial charge on any atom is -0.393 e. The summed E-state index contributed by atoms with van der Waals surface area (Å²) >= 11 is 0. The highest BCUT2D eigenvalue weighted by Gasteiger charge is 2.31. The molecule has 1 rings (SSSR count). The van der Waals surface area contributed by atoms with Crippen LogP contribution >= 0.6 is 0 Å². The summed E-state index contributed by atoms with van der Waals surface area (Å²) < 4.78 is 0. The first-order valence-electron chi connectivity index (χ1n) is 9.27. The number of hydrogen-bond donors (Lipinski definition) is 2. The van der Waals surface area contributed by atoms with Crippen molar-refractivity contribution in [1.29, 1.82) is 0 Å². The van der Waals surface area contributed by atoms with Gasteiger partial charge < -0.3 is 15.1 Å². The molecule has 0 heterocycles. The maximum Gasteiger partial charge on any atom is 0.254 e. The van der Waals surface area contributed by atoms with E-state index in [-0.39, 0.29) is 29.4 Å². The fourth-order valence-corrected chi connectivity index (χ4v) is 2.81. The van der Waals surface area contributed by atoms with Gasteiger partial charge in [0.05, 0.1) is 18.2 Å². The molecule has 0 aliphatic rings. The van der Waals surface area contributed by atoms with Gasteiger partial charge in [-0.3, -0.25) is 4.79 Å². The third kappa shape index (κ3) is 6.79. The van der Waals surface area contributed by atoms with Crippen LogP contribution in [0.1, 0.15) is 64.7 Å². The van der Waals surface area contributed by atoms with Gasteiger partial charge in [0.1, 0.15) is 0 Å². The van der Waals surface area contributed by atoms with Crippen LogP contribution in [0.25, 0.3) is 0 Å². The van der Waals surface area contributed by atoms with E-state index in [2.05, 4.69) is 13.8 Å². The quantitative estimate of drug-likeness (QED) is 0.714. The molecular formula is C21H35NO3. The van der Waals surface area contributed by atoms with E-state index in [0.29, 0.717) is 12.1 Å². The van der Waals surface area contributed by atoms with E-state index in [1.807, 2.05) is 51.1 Å². The number of amides is 1. The van der Waals surface area contributed by atoms with Crippen molar-refractivity contribution < 1.29 is 15.0 Å². The Morgan fingerprint density at radius 3 is 2.08 bits per heavy atom. The summed E-state index contributed by atoms with van der Waals surface area (Å²) in [4.78, 5) is 14.8. The Morgan fingerprint density at radius 1 is 1.04 bits per heavy atom. The van der Waals surface area contributed by atoms with E-state index in [4.69, 9.17) is 0 Å². The Balaban J connectivity index is 2.91. The number of benzene rings is 1. The van der Waals surface area contributed by atoms with Crippen molar-refractivity contribution in [3.8, 4) is 0 Å². The minimum atomic E-state index is -0.597. The monoisotopic (exact) mass is 349 g/mol. The fourth-order valence-electron chi connectivity index (χ4n) is 2.81. The van der Waals surface area contributed by atoms with Crippen LogP contribution in [0.5, 0.6) is 0 Å². The first-order chi connectivity index (χ1) is 11.5. The first kappa shape index (κ1) is 21.7. The molecule has 0 fully saturated rings. The molecule has 1 amide bonds. The summed E-state index contributed by atoms with van der Waals surface area (Å²) in [5.74, 6) is 0.178. The zero-order chi connectivity index (χ0) is 19.2. The van der Waals surface area contributed by atoms with E-state index in [1.165, 1.54) is 0 Å². The standard InChI is InChI=1S/C21H35NO3/c1-15(17(3)23)12-13-21(5,6)14-22(16(2)18(4)24)20(25)19-10-8-7-9-11-19/h7-11,15-18,23-24H,12-14H2,1-6H3/t15-,16+,17?,18?/m1/s1. The van der Waals surface area contributed by atoms with Crippen LogP contribution < -0.4 is 0 Å². The molecule has 0 aliphatic heterocycles. The second-order valence-electron chi connectivity index (χ2n) is 8.20. The van der Waals surface area contributed by atoms with Crippen LogP contribution in [-0.2, 0) is 0 Å². The summed E-state index contributed by atoms with van der Waals surface area (Å²) in [5.41, 5.74) is 0.541. The zero-order valence-electron chi connectivity index (χ0n) is 16.6. The Labute approximate surface area is 152 Å². The Morgan fingerprint density at radius 2 is 1.60 bits per heavy atom. The van der Waals surface area contributed by atoms with Gasteiger partial charge in [0.15, 0.2) is 0 Å². The molecule has 4 heteroatoms. The number of rotatable bonds is 9. The van der Waals surface area contributed by atoms with Gasteiger partial charge in [0.2, 0.25) is 0 Å². The molecule has 25 heavy (non-hydrogen) atoms. The molecule has 0 saturated heterocycles. The highest BCUT2D eigenvalue weighted by molar-refractivity contribution is 5.94. The molecule has 4 atom stereocenters. The molecule has 1 aromatic rings. The van der Waals surface area contributed by atoms with Crippen LogP contribution in [0.3, 0.4) is 0 Å². The van der Waals surface area contributed by atoms with Crippen molar-refractivity contribution in [3.05, 3.63) is 35.9 Å². The molecule has 0 saturated carbocycles. The molecule has 0 bridgehead atoms. The lowest BCUT2D eigenvalue weighted by molar-refractivity contribution is 0.0305. The van der Waals surface area contributed by atoms with Gasteiger partial charge >= 0.3 is 0 Å². The van der Waals surface area contributed by atoms with Gasteiger partial charge in [-0.05, 0) is 57.1 Å². The Bertz CT molecular complexity index is 525. The molecular weight excluding hydrogens is 314 g/mol. The molecule has 1 aromatic carbocycles. The van der Waals surface area contributed by atoms with Gasteiger partial charge in [-0.25, -0.2) is 0 Å². The van der Waals surface area contributed by atoms with Crippen LogP contribution in [0.2, 0.25) is 0 Å². The van der Waals surface area contributed by atoms with Gasteiger partial charge in [0, 0.05) is 12.1 Å². The number of aliphatic hydroxyl groups is 2. The van der Waals surface area contributed by atoms with Crippen molar-refractivity contribution in [1.82, 2.24) is 4.90 Å². The lowest BCUT2D eigenvalue weighted by atomic mass is 9.83. The maximum atomic E-state index is 13.0. The van der Waals surface area contributed by atoms with Gasteiger partial charge in [-0.1, -0.05) is 39.0 Å². The molecule has 2 unspecified atom stereocenters. The number of aliphatic hydroxyl groups excluding tert-OH is 2. The summed E-state index contributed by atoms with van der Waals surface area (Å²) in [6.45, 7) is 12.3. The van der Waals surface area contributed by atoms with Crippen LogP contribution in [0, 0.1) is 11.3 Å². The van der Waals surface area contributed by atoms with Crippen LogP contribution in [0.4, 0.5) is 0 Å². The molecule has 0 aromatic heterocycles. The average molecular weight is 350 g/mol. The lowest BCUT2D eigenvalue weighted by Gasteiger charge is -2.38. The summed E-state index contributed by atoms with van der Waals surface area (Å²) in [6.07, 6.45) is 0.889. The van der Waals surface area contributed by atoms with E-state index in [9.17, 15) is 15.0 Å². The summed E-state index contributed by atoms with van der Waals surface area (Å²) in [6, 6.07) is 8.96. The highest BCUT2D eigenvalue weighted by Crippen LogP contribution is 2.29. The molecule has 142 valence electrons. The van der Waals surface area contributed by atoms with Gasteiger partial charge in [-0.15, -0.1) is 0 Å². The summed E-state index contributed by atoms with van der Waals surface area (Å²) in [7, 11) is 0. The smallest absolute Gasteiger partial charge is 0.254 e. The molecule has 0 radical (unpaired) electrons. The topological polar surface area (TPSA) is 60.8 Å². The zero-order valence-corrected chi connectivity index (χ0v) is 16.6. The summed E-state index contributed by atoms with van der Waals surface area (Å²) in [5, 5.41) is 19.7. The third-order valence-corrected chi connectivity index (χ3v) is 5.17. The Hall–Kier alpha value is -1.39. The van der Waals surface area contributed by atoms with E-state index >= 15 is 0 Å². The molecule has 0 spiro atoms.